The largest absolute Gasteiger partial charge is 0.370 e. The zero-order valence-electron chi connectivity index (χ0n) is 65.6. The number of hydrogen-bond acceptors (Lipinski definition) is 12. The van der Waals surface area contributed by atoms with Crippen molar-refractivity contribution >= 4 is 92.9 Å². The summed E-state index contributed by atoms with van der Waals surface area (Å²) >= 11 is 11.5. The number of anilines is 8. The molecule has 4 aromatic heterocycles. The number of amides is 4. The second-order valence-electron chi connectivity index (χ2n) is 28.7. The minimum Gasteiger partial charge on any atom is -0.370 e. The van der Waals surface area contributed by atoms with Crippen molar-refractivity contribution < 1.29 is 45.5 Å². The van der Waals surface area contributed by atoms with E-state index in [2.05, 4.69) is 215 Å². The third-order valence-corrected chi connectivity index (χ3v) is 18.8. The first kappa shape index (κ1) is 87.6. The van der Waals surface area contributed by atoms with Crippen LogP contribution in [0.2, 0.25) is 10.0 Å². The lowest BCUT2D eigenvalue weighted by Crippen LogP contribution is -2.13. The van der Waals surface area contributed by atoms with Crippen LogP contribution in [0.15, 0.2) is 243 Å². The Bertz CT molecular complexity index is 5110. The summed E-state index contributed by atoms with van der Waals surface area (Å²) in [7, 11) is 0. The molecule has 0 radical (unpaired) electrons. The van der Waals surface area contributed by atoms with Gasteiger partial charge in [-0.25, -0.2) is 46.3 Å². The Balaban J connectivity index is 0.000000177. The van der Waals surface area contributed by atoms with Crippen LogP contribution in [0.1, 0.15) is 153 Å². The second kappa shape index (κ2) is 43.2. The number of aromatic nitrogens is 4. The van der Waals surface area contributed by atoms with Gasteiger partial charge in [0, 0.05) is 108 Å². The minimum absolute atomic E-state index is 0.0405. The van der Waals surface area contributed by atoms with Crippen LogP contribution in [0.5, 0.6) is 0 Å². The van der Waals surface area contributed by atoms with Crippen LogP contribution in [-0.2, 0) is 37.5 Å². The van der Waals surface area contributed by atoms with Gasteiger partial charge in [0.2, 0.25) is 0 Å². The van der Waals surface area contributed by atoms with Crippen LogP contribution in [0, 0.1) is 34.9 Å². The fourth-order valence-electron chi connectivity index (χ4n) is 11.4. The predicted octanol–water partition coefficient (Wildman–Crippen LogP) is 22.2. The lowest BCUT2D eigenvalue weighted by molar-refractivity contribution is 0.101. The van der Waals surface area contributed by atoms with Gasteiger partial charge in [0.25, 0.3) is 23.6 Å². The first-order valence-electron chi connectivity index (χ1n) is 37.8. The molecule has 12 aromatic rings. The summed E-state index contributed by atoms with van der Waals surface area (Å²) < 4.78 is 79.1. The van der Waals surface area contributed by atoms with Crippen molar-refractivity contribution in [2.24, 2.45) is 0 Å². The van der Waals surface area contributed by atoms with E-state index >= 15 is 0 Å². The Morgan fingerprint density at radius 1 is 0.328 bits per heavy atom. The molecule has 8 N–H and O–H groups in total. The van der Waals surface area contributed by atoms with Crippen molar-refractivity contribution in [3.8, 4) is 0 Å². The Morgan fingerprint density at radius 3 is 0.845 bits per heavy atom. The molecule has 0 fully saturated rings. The number of hydrogen-bond donors (Lipinski definition) is 8. The summed E-state index contributed by atoms with van der Waals surface area (Å²) in [5.74, 6) is -3.09. The molecule has 116 heavy (non-hydrogen) atoms. The van der Waals surface area contributed by atoms with Crippen molar-refractivity contribution in [1.29, 1.82) is 0 Å². The summed E-state index contributed by atoms with van der Waals surface area (Å²) in [6, 6.07) is 61.7. The van der Waals surface area contributed by atoms with Crippen LogP contribution in [0.4, 0.5) is 72.4 Å². The number of rotatable bonds is 27. The Morgan fingerprint density at radius 2 is 0.586 bits per heavy atom. The highest BCUT2D eigenvalue weighted by Crippen LogP contribution is 2.27. The molecule has 0 bridgehead atoms. The normalized spacial score (nSPS) is 10.8. The summed E-state index contributed by atoms with van der Waals surface area (Å²) in [6.45, 7) is 20.1. The van der Waals surface area contributed by atoms with E-state index in [4.69, 9.17) is 23.2 Å². The number of aryl methyl sites for hydroxylation is 1. The molecule has 4 heterocycles. The highest BCUT2D eigenvalue weighted by Gasteiger charge is 2.17. The zero-order valence-corrected chi connectivity index (χ0v) is 67.1. The van der Waals surface area contributed by atoms with Crippen molar-refractivity contribution in [2.45, 2.75) is 105 Å². The molecule has 0 aliphatic carbocycles. The van der Waals surface area contributed by atoms with E-state index in [1.165, 1.54) is 105 Å². The molecule has 0 unspecified atom stereocenters. The minimum atomic E-state index is -1.01. The van der Waals surface area contributed by atoms with Crippen LogP contribution in [0.25, 0.3) is 0 Å². The van der Waals surface area contributed by atoms with E-state index < -0.39 is 46.7 Å². The summed E-state index contributed by atoms with van der Waals surface area (Å²) in [5, 5.41) is 23.3. The molecule has 0 atom stereocenters. The van der Waals surface area contributed by atoms with Gasteiger partial charge in [0.05, 0.1) is 10.0 Å². The van der Waals surface area contributed by atoms with Crippen LogP contribution >= 0.6 is 23.2 Å². The number of carbonyl (C=O) groups excluding carboxylic acids is 4. The highest BCUT2D eigenvalue weighted by atomic mass is 35.5. The van der Waals surface area contributed by atoms with Gasteiger partial charge in [-0.2, -0.15) is 0 Å². The van der Waals surface area contributed by atoms with Crippen molar-refractivity contribution in [1.82, 2.24) is 19.9 Å². The Kier molecular flexibility index (Phi) is 32.6. The molecule has 4 amide bonds. The number of nitrogens with one attached hydrogen (secondary N) is 8. The maximum Gasteiger partial charge on any atom is 0.255 e. The average molecular weight is 1610 g/mol. The third-order valence-electron chi connectivity index (χ3n) is 18.2. The van der Waals surface area contributed by atoms with E-state index in [0.717, 1.165) is 56.4 Å². The van der Waals surface area contributed by atoms with Gasteiger partial charge in [0.1, 0.15) is 34.9 Å². The summed E-state index contributed by atoms with van der Waals surface area (Å²) in [4.78, 5) is 66.6. The molecular weight excluding hydrogens is 1520 g/mol. The molecule has 12 rings (SSSR count). The summed E-state index contributed by atoms with van der Waals surface area (Å²) in [5.41, 5.74) is 13.2. The van der Waals surface area contributed by atoms with Crippen LogP contribution in [0.3, 0.4) is 0 Å². The van der Waals surface area contributed by atoms with Crippen LogP contribution in [-0.4, -0.2) is 69.7 Å². The van der Waals surface area contributed by atoms with E-state index in [1.807, 2.05) is 0 Å². The van der Waals surface area contributed by atoms with Gasteiger partial charge in [-0.15, -0.1) is 0 Å². The first-order chi connectivity index (χ1) is 55.6. The Hall–Kier alpha value is -12.4. The lowest BCUT2D eigenvalue weighted by Gasteiger charge is -2.19. The molecule has 0 saturated heterocycles. The standard InChI is InChI=1S/C24H25ClFN3O.C23H23ClFN3O.C23H23F2N3O.C22H21F2N3O/c1-24(2,3)18-6-4-16(5-7-18)10-12-27-22-14-17(11-13-28-22)23(30)29-19-8-9-21(26)20(25)15-19;1-15(2)17-5-3-16(4-6-17)9-11-26-22-13-18(10-12-27-22)23(29)28-19-7-8-21(25)20(24)14-19;1-15(2)17-5-3-16(4-6-17)9-11-26-22-13-18(10-12-27-22)23(29)28-19-7-8-20(24)21(25)14-19;1-2-15-3-5-16(6-4-15)9-11-25-21-13-17(10-12-26-21)22(28)27-18-7-8-19(23)20(24)14-18/h4-9,11,13-15H,10,12H2,1-3H3,(H,27,28)(H,29,30);2*3-8,10,12-15H,9,11H2,1-2H3,(H,26,27)(H,28,29);3-8,10,12-14H,2,9,11H2,1H3,(H,25,26)(H,27,28). The fourth-order valence-corrected chi connectivity index (χ4v) is 11.7. The van der Waals surface area contributed by atoms with Crippen LogP contribution < -0.4 is 42.5 Å². The monoisotopic (exact) mass is 1610 g/mol. The molecule has 0 saturated carbocycles. The van der Waals surface area contributed by atoms with Gasteiger partial charge in [-0.05, 0) is 203 Å². The van der Waals surface area contributed by atoms with Gasteiger partial charge >= 0.3 is 0 Å². The van der Waals surface area contributed by atoms with Crippen molar-refractivity contribution in [2.75, 3.05) is 68.7 Å². The van der Waals surface area contributed by atoms with Gasteiger partial charge in [0.15, 0.2) is 23.3 Å². The third kappa shape index (κ3) is 28.0. The average Bonchev–Trinajstić information content (AvgIpc) is 0.863. The molecule has 16 nitrogen and oxygen atoms in total. The number of benzene rings is 8. The van der Waals surface area contributed by atoms with E-state index in [0.29, 0.717) is 94.9 Å². The molecule has 24 heteroatoms. The van der Waals surface area contributed by atoms with Crippen molar-refractivity contribution in [3.05, 3.63) is 355 Å². The van der Waals surface area contributed by atoms with Crippen molar-refractivity contribution in [3.63, 3.8) is 0 Å². The van der Waals surface area contributed by atoms with E-state index in [-0.39, 0.29) is 38.6 Å². The molecule has 0 aliphatic heterocycles. The maximum absolute atomic E-state index is 13.3. The zero-order chi connectivity index (χ0) is 83.3. The smallest absolute Gasteiger partial charge is 0.255 e. The molecule has 600 valence electrons. The molecular formula is C92H92Cl2F6N12O4. The Labute approximate surface area is 682 Å². The number of pyridine rings is 4. The number of nitrogens with zero attached hydrogens (tertiary/aromatic N) is 4. The predicted molar refractivity (Wildman–Crippen MR) is 455 cm³/mol. The second-order valence-corrected chi connectivity index (χ2v) is 29.5. The maximum atomic E-state index is 13.3. The molecule has 0 aliphatic rings. The highest BCUT2D eigenvalue weighted by molar-refractivity contribution is 6.31. The first-order valence-corrected chi connectivity index (χ1v) is 38.6. The van der Waals surface area contributed by atoms with E-state index in [1.54, 1.807) is 60.9 Å². The molecule has 0 spiro atoms. The van der Waals surface area contributed by atoms with Gasteiger partial charge < -0.3 is 42.5 Å². The van der Waals surface area contributed by atoms with Gasteiger partial charge in [-0.3, -0.25) is 19.2 Å². The lowest BCUT2D eigenvalue weighted by atomic mass is 9.86. The number of halogens is 8. The topological polar surface area (TPSA) is 216 Å². The SMILES string of the molecule is CC(C)(C)c1ccc(CCNc2cc(C(=O)Nc3ccc(F)c(Cl)c3)ccn2)cc1.CC(C)c1ccc(CCNc2cc(C(=O)Nc3ccc(F)c(Cl)c3)ccn2)cc1.CC(C)c1ccc(CCNc2cc(C(=O)Nc3ccc(F)c(F)c3)ccn2)cc1.CCc1ccc(CCNc2cc(C(=O)Nc3ccc(F)c(F)c3)ccn2)cc1. The molecule has 8 aromatic carbocycles. The fraction of sp³-hybridized carbons (Fsp3) is 0.217. The quantitative estimate of drug-likeness (QED) is 0.0226. The van der Waals surface area contributed by atoms with Gasteiger partial charge in [-0.1, -0.05) is 176 Å². The summed E-state index contributed by atoms with van der Waals surface area (Å²) in [6.07, 6.45) is 10.6. The number of carbonyl (C=O) groups is 4. The van der Waals surface area contributed by atoms with E-state index in [9.17, 15) is 45.5 Å².